The Hall–Kier alpha value is -0.940. The van der Waals surface area contributed by atoms with Gasteiger partial charge in [0, 0.05) is 19.0 Å². The van der Waals surface area contributed by atoms with Gasteiger partial charge in [-0.05, 0) is 45.8 Å². The Kier molecular flexibility index (Phi) is 5.54. The van der Waals surface area contributed by atoms with Crippen molar-refractivity contribution in [1.29, 1.82) is 0 Å². The molecule has 1 aromatic heterocycles. The van der Waals surface area contributed by atoms with Crippen LogP contribution in [0.1, 0.15) is 44.8 Å². The monoisotopic (exact) mass is 280 g/mol. The second-order valence-corrected chi connectivity index (χ2v) is 6.53. The minimum Gasteiger partial charge on any atom is -0.338 e. The van der Waals surface area contributed by atoms with Crippen LogP contribution in [0.3, 0.4) is 0 Å². The average Bonchev–Trinajstić information content (AvgIpc) is 2.84. The molecule has 0 amide bonds. The van der Waals surface area contributed by atoms with E-state index in [1.165, 1.54) is 12.8 Å². The molecule has 1 aliphatic rings. The van der Waals surface area contributed by atoms with Gasteiger partial charge in [-0.1, -0.05) is 19.0 Å². The summed E-state index contributed by atoms with van der Waals surface area (Å²) in [5.74, 6) is 2.30. The highest BCUT2D eigenvalue weighted by atomic mass is 16.5. The Morgan fingerprint density at radius 2 is 2.20 bits per heavy atom. The highest BCUT2D eigenvalue weighted by Crippen LogP contribution is 2.16. The Morgan fingerprint density at radius 1 is 1.40 bits per heavy atom. The molecule has 0 aliphatic carbocycles. The zero-order valence-electron chi connectivity index (χ0n) is 13.3. The summed E-state index contributed by atoms with van der Waals surface area (Å²) < 4.78 is 5.38. The number of hydrogen-bond acceptors (Lipinski definition) is 5. The van der Waals surface area contributed by atoms with E-state index in [4.69, 9.17) is 4.52 Å². The first-order chi connectivity index (χ1) is 9.54. The third-order valence-electron chi connectivity index (χ3n) is 4.03. The normalized spacial score (nSPS) is 21.0. The van der Waals surface area contributed by atoms with E-state index in [9.17, 15) is 0 Å². The molecule has 20 heavy (non-hydrogen) atoms. The minimum absolute atomic E-state index is 0.645. The van der Waals surface area contributed by atoms with E-state index in [2.05, 4.69) is 47.9 Å². The van der Waals surface area contributed by atoms with Gasteiger partial charge in [-0.15, -0.1) is 0 Å². The van der Waals surface area contributed by atoms with E-state index in [1.807, 2.05) is 0 Å². The van der Waals surface area contributed by atoms with Crippen LogP contribution in [-0.4, -0.2) is 53.2 Å². The number of nitrogens with zero attached hydrogens (tertiary/aromatic N) is 4. The van der Waals surface area contributed by atoms with Crippen LogP contribution in [0.25, 0.3) is 0 Å². The number of aryl methyl sites for hydroxylation is 1. The highest BCUT2D eigenvalue weighted by Gasteiger charge is 2.22. The van der Waals surface area contributed by atoms with Crippen LogP contribution in [-0.2, 0) is 13.0 Å². The lowest BCUT2D eigenvalue weighted by Crippen LogP contribution is -2.44. The third kappa shape index (κ3) is 4.56. The van der Waals surface area contributed by atoms with Crippen molar-refractivity contribution < 1.29 is 4.52 Å². The molecule has 0 N–H and O–H groups in total. The number of likely N-dealkylation sites (N-methyl/N-ethyl adjacent to an activating group) is 1. The van der Waals surface area contributed by atoms with Crippen LogP contribution in [0.15, 0.2) is 4.52 Å². The predicted molar refractivity (Wildman–Crippen MR) is 79.4 cm³/mol. The largest absolute Gasteiger partial charge is 0.338 e. The van der Waals surface area contributed by atoms with Crippen LogP contribution in [0.4, 0.5) is 0 Å². The zero-order valence-corrected chi connectivity index (χ0v) is 13.3. The van der Waals surface area contributed by atoms with Gasteiger partial charge in [-0.25, -0.2) is 0 Å². The maximum atomic E-state index is 5.38. The van der Waals surface area contributed by atoms with Crippen LogP contribution in [0.2, 0.25) is 0 Å². The molecule has 1 aromatic rings. The fraction of sp³-hybridized carbons (Fsp3) is 0.867. The van der Waals surface area contributed by atoms with Gasteiger partial charge >= 0.3 is 0 Å². The van der Waals surface area contributed by atoms with Crippen LogP contribution in [0.5, 0.6) is 0 Å². The highest BCUT2D eigenvalue weighted by molar-refractivity contribution is 4.88. The summed E-state index contributed by atoms with van der Waals surface area (Å²) in [5.41, 5.74) is 0. The fourth-order valence-corrected chi connectivity index (χ4v) is 2.66. The van der Waals surface area contributed by atoms with Crippen molar-refractivity contribution in [2.24, 2.45) is 5.92 Å². The number of rotatable bonds is 6. The first kappa shape index (κ1) is 15.4. The van der Waals surface area contributed by atoms with Crippen molar-refractivity contribution in [3.63, 3.8) is 0 Å². The lowest BCUT2D eigenvalue weighted by atomic mass is 10.1. The minimum atomic E-state index is 0.645. The standard InChI is InChI=1S/C15H28N4O/c1-12(2)7-8-14-16-15(20-17-14)11-19-9-5-6-13(10-19)18(3)4/h12-13H,5-11H2,1-4H3. The number of hydrogen-bond donors (Lipinski definition) is 0. The molecule has 2 heterocycles. The van der Waals surface area contributed by atoms with Crippen LogP contribution in [0, 0.1) is 5.92 Å². The molecule has 1 saturated heterocycles. The van der Waals surface area contributed by atoms with Gasteiger partial charge in [-0.3, -0.25) is 4.90 Å². The summed E-state index contributed by atoms with van der Waals surface area (Å²) in [6.45, 7) is 7.45. The molecule has 2 rings (SSSR count). The number of likely N-dealkylation sites (tertiary alicyclic amines) is 1. The van der Waals surface area contributed by atoms with Crippen molar-refractivity contribution in [3.05, 3.63) is 11.7 Å². The second-order valence-electron chi connectivity index (χ2n) is 6.53. The molecule has 0 aromatic carbocycles. The van der Waals surface area contributed by atoms with Crippen molar-refractivity contribution >= 4 is 0 Å². The van der Waals surface area contributed by atoms with Gasteiger partial charge in [0.25, 0.3) is 0 Å². The second kappa shape index (κ2) is 7.18. The molecular weight excluding hydrogens is 252 g/mol. The van der Waals surface area contributed by atoms with Gasteiger partial charge in [0.2, 0.25) is 5.89 Å². The quantitative estimate of drug-likeness (QED) is 0.799. The molecule has 1 atom stereocenters. The van der Waals surface area contributed by atoms with Crippen molar-refractivity contribution in [2.75, 3.05) is 27.2 Å². The molecule has 1 unspecified atom stereocenters. The molecule has 0 bridgehead atoms. The van der Waals surface area contributed by atoms with Crippen molar-refractivity contribution in [1.82, 2.24) is 19.9 Å². The first-order valence-corrected chi connectivity index (χ1v) is 7.75. The van der Waals surface area contributed by atoms with E-state index in [-0.39, 0.29) is 0 Å². The summed E-state index contributed by atoms with van der Waals surface area (Å²) >= 11 is 0. The van der Waals surface area contributed by atoms with E-state index in [0.717, 1.165) is 44.2 Å². The molecule has 0 saturated carbocycles. The summed E-state index contributed by atoms with van der Waals surface area (Å²) in [6.07, 6.45) is 4.57. The smallest absolute Gasteiger partial charge is 0.240 e. The lowest BCUT2D eigenvalue weighted by Gasteiger charge is -2.35. The molecule has 1 aliphatic heterocycles. The first-order valence-electron chi connectivity index (χ1n) is 7.75. The summed E-state index contributed by atoms with van der Waals surface area (Å²) in [7, 11) is 4.32. The summed E-state index contributed by atoms with van der Waals surface area (Å²) in [4.78, 5) is 9.25. The molecule has 1 fully saturated rings. The number of aromatic nitrogens is 2. The van der Waals surface area contributed by atoms with Gasteiger partial charge in [0.1, 0.15) is 0 Å². The Morgan fingerprint density at radius 3 is 2.90 bits per heavy atom. The number of piperidine rings is 1. The van der Waals surface area contributed by atoms with Crippen LogP contribution < -0.4 is 0 Å². The molecular formula is C15H28N4O. The zero-order chi connectivity index (χ0) is 14.5. The Labute approximate surface area is 122 Å². The molecule has 0 radical (unpaired) electrons. The van der Waals surface area contributed by atoms with Gasteiger partial charge < -0.3 is 9.42 Å². The fourth-order valence-electron chi connectivity index (χ4n) is 2.66. The SMILES string of the molecule is CC(C)CCc1noc(CN2CCCC(N(C)C)C2)n1. The van der Waals surface area contributed by atoms with Crippen molar-refractivity contribution in [2.45, 2.75) is 52.1 Å². The molecule has 114 valence electrons. The molecule has 5 nitrogen and oxygen atoms in total. The average molecular weight is 280 g/mol. The molecule has 5 heteroatoms. The predicted octanol–water partition coefficient (Wildman–Crippen LogP) is 2.18. The molecule has 0 spiro atoms. The summed E-state index contributed by atoms with van der Waals surface area (Å²) in [6, 6.07) is 0.645. The van der Waals surface area contributed by atoms with Gasteiger partial charge in [0.05, 0.1) is 6.54 Å². The van der Waals surface area contributed by atoms with E-state index in [0.29, 0.717) is 12.0 Å². The van der Waals surface area contributed by atoms with Gasteiger partial charge in [-0.2, -0.15) is 4.98 Å². The maximum absolute atomic E-state index is 5.38. The van der Waals surface area contributed by atoms with Gasteiger partial charge in [0.15, 0.2) is 5.82 Å². The van der Waals surface area contributed by atoms with Crippen LogP contribution >= 0.6 is 0 Å². The van der Waals surface area contributed by atoms with E-state index in [1.54, 1.807) is 0 Å². The Balaban J connectivity index is 1.83. The van der Waals surface area contributed by atoms with E-state index >= 15 is 0 Å². The third-order valence-corrected chi connectivity index (χ3v) is 4.03. The Bertz CT molecular complexity index is 402. The topological polar surface area (TPSA) is 45.4 Å². The van der Waals surface area contributed by atoms with Crippen molar-refractivity contribution in [3.8, 4) is 0 Å². The van der Waals surface area contributed by atoms with E-state index < -0.39 is 0 Å². The summed E-state index contributed by atoms with van der Waals surface area (Å²) in [5, 5.41) is 4.08. The lowest BCUT2D eigenvalue weighted by molar-refractivity contribution is 0.117. The maximum Gasteiger partial charge on any atom is 0.240 e.